The van der Waals surface area contributed by atoms with E-state index in [0.29, 0.717) is 21.3 Å². The molecule has 0 atom stereocenters. The van der Waals surface area contributed by atoms with Gasteiger partial charge in [-0.2, -0.15) is 5.26 Å². The van der Waals surface area contributed by atoms with E-state index in [1.807, 2.05) is 18.2 Å². The van der Waals surface area contributed by atoms with Gasteiger partial charge in [0, 0.05) is 9.26 Å². The lowest BCUT2D eigenvalue weighted by Crippen LogP contribution is -2.13. The van der Waals surface area contributed by atoms with Crippen molar-refractivity contribution in [3.63, 3.8) is 0 Å². The average Bonchev–Trinajstić information content (AvgIpc) is 2.48. The Labute approximate surface area is 151 Å². The predicted octanol–water partition coefficient (Wildman–Crippen LogP) is 5.14. The first kappa shape index (κ1) is 16.8. The maximum Gasteiger partial charge on any atom is 0.266 e. The summed E-state index contributed by atoms with van der Waals surface area (Å²) in [4.78, 5) is 12.2. The quantitative estimate of drug-likeness (QED) is 0.406. The molecule has 0 fully saturated rings. The zero-order valence-electron chi connectivity index (χ0n) is 11.1. The van der Waals surface area contributed by atoms with Gasteiger partial charge in [0.1, 0.15) is 11.6 Å². The molecule has 1 N–H and O–H groups in total. The number of carbonyl (C=O) groups excluding carboxylic acids is 1. The minimum absolute atomic E-state index is 0.0528. The van der Waals surface area contributed by atoms with Crippen LogP contribution < -0.4 is 5.32 Å². The van der Waals surface area contributed by atoms with Crippen LogP contribution in [0.4, 0.5) is 5.69 Å². The fourth-order valence-corrected chi connectivity index (χ4v) is 2.61. The van der Waals surface area contributed by atoms with E-state index in [1.165, 1.54) is 6.08 Å². The minimum atomic E-state index is -0.499. The smallest absolute Gasteiger partial charge is 0.266 e. The standard InChI is InChI=1S/C16H9Cl2IN2O/c17-14-6-1-3-10(15(14)18)7-11(9-20)16(22)21-13-5-2-4-12(19)8-13/h1-8H,(H,21,22)/b11-7+. The summed E-state index contributed by atoms with van der Waals surface area (Å²) in [6.07, 6.45) is 1.41. The molecule has 2 aromatic rings. The van der Waals surface area contributed by atoms with E-state index in [2.05, 4.69) is 27.9 Å². The van der Waals surface area contributed by atoms with Gasteiger partial charge < -0.3 is 5.32 Å². The van der Waals surface area contributed by atoms with Crippen molar-refractivity contribution < 1.29 is 4.79 Å². The van der Waals surface area contributed by atoms with Crippen LogP contribution in [0.2, 0.25) is 10.0 Å². The third kappa shape index (κ3) is 4.23. The normalized spacial score (nSPS) is 10.9. The molecule has 6 heteroatoms. The molecule has 0 bridgehead atoms. The SMILES string of the molecule is N#C/C(=C\c1cccc(Cl)c1Cl)C(=O)Nc1cccc(I)c1. The number of hydrogen-bond acceptors (Lipinski definition) is 2. The number of nitrogens with one attached hydrogen (secondary N) is 1. The number of hydrogen-bond donors (Lipinski definition) is 1. The van der Waals surface area contributed by atoms with Gasteiger partial charge in [0.05, 0.1) is 10.0 Å². The lowest BCUT2D eigenvalue weighted by atomic mass is 10.1. The van der Waals surface area contributed by atoms with Crippen LogP contribution in [0.5, 0.6) is 0 Å². The molecule has 110 valence electrons. The second-order valence-electron chi connectivity index (χ2n) is 4.28. The Hall–Kier alpha value is -1.55. The molecule has 0 radical (unpaired) electrons. The molecule has 0 saturated heterocycles. The summed E-state index contributed by atoms with van der Waals surface area (Å²) in [5, 5.41) is 12.5. The van der Waals surface area contributed by atoms with Crippen molar-refractivity contribution in [2.75, 3.05) is 5.32 Å². The fourth-order valence-electron chi connectivity index (χ4n) is 1.70. The molecule has 0 heterocycles. The van der Waals surface area contributed by atoms with Crippen molar-refractivity contribution in [3.8, 4) is 6.07 Å². The topological polar surface area (TPSA) is 52.9 Å². The van der Waals surface area contributed by atoms with Gasteiger partial charge in [-0.25, -0.2) is 0 Å². The van der Waals surface area contributed by atoms with Gasteiger partial charge in [0.15, 0.2) is 0 Å². The highest BCUT2D eigenvalue weighted by Gasteiger charge is 2.11. The van der Waals surface area contributed by atoms with Crippen molar-refractivity contribution in [1.82, 2.24) is 0 Å². The molecule has 2 aromatic carbocycles. The highest BCUT2D eigenvalue weighted by molar-refractivity contribution is 14.1. The Morgan fingerprint density at radius 3 is 2.64 bits per heavy atom. The summed E-state index contributed by atoms with van der Waals surface area (Å²) in [5.41, 5.74) is 1.08. The minimum Gasteiger partial charge on any atom is -0.321 e. The summed E-state index contributed by atoms with van der Waals surface area (Å²) >= 11 is 14.1. The molecule has 3 nitrogen and oxygen atoms in total. The van der Waals surface area contributed by atoms with Gasteiger partial charge in [0.2, 0.25) is 0 Å². The lowest BCUT2D eigenvalue weighted by Gasteiger charge is -2.05. The Morgan fingerprint density at radius 2 is 1.95 bits per heavy atom. The first-order chi connectivity index (χ1) is 10.5. The number of benzene rings is 2. The zero-order chi connectivity index (χ0) is 16.1. The van der Waals surface area contributed by atoms with Crippen LogP contribution in [0.1, 0.15) is 5.56 Å². The van der Waals surface area contributed by atoms with Crippen molar-refractivity contribution >= 4 is 63.5 Å². The van der Waals surface area contributed by atoms with Crippen LogP contribution in [0.15, 0.2) is 48.0 Å². The highest BCUT2D eigenvalue weighted by Crippen LogP contribution is 2.27. The van der Waals surface area contributed by atoms with Crippen LogP contribution in [-0.4, -0.2) is 5.91 Å². The van der Waals surface area contributed by atoms with E-state index in [0.717, 1.165) is 3.57 Å². The van der Waals surface area contributed by atoms with Crippen molar-refractivity contribution in [1.29, 1.82) is 5.26 Å². The summed E-state index contributed by atoms with van der Waals surface area (Å²) in [5.74, 6) is -0.499. The van der Waals surface area contributed by atoms with Gasteiger partial charge in [-0.05, 0) is 58.5 Å². The van der Waals surface area contributed by atoms with Gasteiger partial charge in [-0.15, -0.1) is 0 Å². The Balaban J connectivity index is 2.28. The Morgan fingerprint density at radius 1 is 1.23 bits per heavy atom. The monoisotopic (exact) mass is 442 g/mol. The molecule has 0 unspecified atom stereocenters. The van der Waals surface area contributed by atoms with Crippen LogP contribution in [0, 0.1) is 14.9 Å². The predicted molar refractivity (Wildman–Crippen MR) is 97.8 cm³/mol. The molecular weight excluding hydrogens is 434 g/mol. The van der Waals surface area contributed by atoms with Crippen LogP contribution in [0.25, 0.3) is 6.08 Å². The number of anilines is 1. The Bertz CT molecular complexity index is 797. The van der Waals surface area contributed by atoms with Crippen LogP contribution >= 0.6 is 45.8 Å². The number of nitrogens with zero attached hydrogens (tertiary/aromatic N) is 1. The zero-order valence-corrected chi connectivity index (χ0v) is 14.8. The molecule has 0 aliphatic rings. The lowest BCUT2D eigenvalue weighted by molar-refractivity contribution is -0.112. The summed E-state index contributed by atoms with van der Waals surface area (Å²) in [6, 6.07) is 14.2. The fraction of sp³-hybridized carbons (Fsp3) is 0. The summed E-state index contributed by atoms with van der Waals surface area (Å²) in [6.45, 7) is 0. The van der Waals surface area contributed by atoms with Gasteiger partial charge >= 0.3 is 0 Å². The molecule has 2 rings (SSSR count). The van der Waals surface area contributed by atoms with E-state index in [9.17, 15) is 10.1 Å². The largest absolute Gasteiger partial charge is 0.321 e. The maximum atomic E-state index is 12.2. The number of nitriles is 1. The average molecular weight is 443 g/mol. The van der Waals surface area contributed by atoms with Gasteiger partial charge in [-0.1, -0.05) is 41.4 Å². The van der Waals surface area contributed by atoms with Gasteiger partial charge in [0.25, 0.3) is 5.91 Å². The molecule has 0 aliphatic heterocycles. The first-order valence-corrected chi connectivity index (χ1v) is 7.97. The van der Waals surface area contributed by atoms with E-state index < -0.39 is 5.91 Å². The second-order valence-corrected chi connectivity index (χ2v) is 6.31. The van der Waals surface area contributed by atoms with Crippen molar-refractivity contribution in [2.24, 2.45) is 0 Å². The summed E-state index contributed by atoms with van der Waals surface area (Å²) in [7, 11) is 0. The molecule has 0 spiro atoms. The molecule has 0 aromatic heterocycles. The number of rotatable bonds is 3. The van der Waals surface area contributed by atoms with E-state index in [1.54, 1.807) is 30.3 Å². The van der Waals surface area contributed by atoms with Crippen LogP contribution in [-0.2, 0) is 4.79 Å². The molecule has 1 amide bonds. The van der Waals surface area contributed by atoms with Gasteiger partial charge in [-0.3, -0.25) is 4.79 Å². The Kier molecular flexibility index (Phi) is 5.83. The highest BCUT2D eigenvalue weighted by atomic mass is 127. The first-order valence-electron chi connectivity index (χ1n) is 6.14. The molecule has 0 saturated carbocycles. The summed E-state index contributed by atoms with van der Waals surface area (Å²) < 4.78 is 0.982. The number of amides is 1. The third-order valence-electron chi connectivity index (χ3n) is 2.73. The second kappa shape index (κ2) is 7.63. The van der Waals surface area contributed by atoms with E-state index >= 15 is 0 Å². The number of halogens is 3. The van der Waals surface area contributed by atoms with E-state index in [4.69, 9.17) is 23.2 Å². The molecule has 0 aliphatic carbocycles. The number of carbonyl (C=O) groups is 1. The molecule has 22 heavy (non-hydrogen) atoms. The van der Waals surface area contributed by atoms with Crippen molar-refractivity contribution in [3.05, 3.63) is 67.2 Å². The molecular formula is C16H9Cl2IN2O. The maximum absolute atomic E-state index is 12.2. The van der Waals surface area contributed by atoms with Crippen molar-refractivity contribution in [2.45, 2.75) is 0 Å². The van der Waals surface area contributed by atoms with E-state index in [-0.39, 0.29) is 5.57 Å². The van der Waals surface area contributed by atoms with Crippen LogP contribution in [0.3, 0.4) is 0 Å². The third-order valence-corrected chi connectivity index (χ3v) is 4.23.